The van der Waals surface area contributed by atoms with Gasteiger partial charge >= 0.3 is 5.97 Å². The molecule has 0 fully saturated rings. The Balaban J connectivity index is 3.16. The van der Waals surface area contributed by atoms with Gasteiger partial charge in [-0.1, -0.05) is 84.5 Å². The summed E-state index contributed by atoms with van der Waals surface area (Å²) in [5, 5.41) is 8.56. The Morgan fingerprint density at radius 2 is 1.12 bits per heavy atom. The maximum Gasteiger partial charge on any atom is 0.303 e. The summed E-state index contributed by atoms with van der Waals surface area (Å²) >= 11 is 0. The molecule has 1 N–H and O–H groups in total. The van der Waals surface area contributed by atoms with Gasteiger partial charge in [0.15, 0.2) is 8.32 Å². The number of carbonyl (C=O) groups is 1. The van der Waals surface area contributed by atoms with Crippen molar-refractivity contribution >= 4 is 14.3 Å². The third-order valence-electron chi connectivity index (χ3n) is 5.40. The smallest absolute Gasteiger partial charge is 0.303 e. The Bertz CT molecular complexity index is 316. The number of hydrogen-bond acceptors (Lipinski definition) is 2. The maximum absolute atomic E-state index is 10.4. The Hall–Kier alpha value is -0.353. The third-order valence-corrected chi connectivity index (χ3v) is 9.13. The average Bonchev–Trinajstić information content (AvgIpc) is 2.54. The molecule has 0 saturated carbocycles. The molecule has 0 rings (SSSR count). The first kappa shape index (κ1) is 24.6. The van der Waals surface area contributed by atoms with Gasteiger partial charge in [0.05, 0.1) is 0 Å². The van der Waals surface area contributed by atoms with Crippen molar-refractivity contribution in [2.75, 3.05) is 6.61 Å². The molecule has 25 heavy (non-hydrogen) atoms. The van der Waals surface area contributed by atoms with Gasteiger partial charge in [-0.15, -0.1) is 0 Å². The molecule has 150 valence electrons. The topological polar surface area (TPSA) is 46.5 Å². The van der Waals surface area contributed by atoms with Gasteiger partial charge in [0.25, 0.3) is 0 Å². The van der Waals surface area contributed by atoms with E-state index in [4.69, 9.17) is 9.53 Å². The van der Waals surface area contributed by atoms with Crippen molar-refractivity contribution in [1.29, 1.82) is 0 Å². The van der Waals surface area contributed by atoms with Crippen molar-refractivity contribution in [2.24, 2.45) is 0 Å². The molecule has 0 aromatic carbocycles. The third kappa shape index (κ3) is 16.8. The van der Waals surface area contributed by atoms with Crippen molar-refractivity contribution in [3.8, 4) is 0 Å². The molecule has 0 aliphatic heterocycles. The highest BCUT2D eigenvalue weighted by molar-refractivity contribution is 6.72. The summed E-state index contributed by atoms with van der Waals surface area (Å²) in [6.07, 6.45) is 16.8. The molecule has 0 aliphatic carbocycles. The van der Waals surface area contributed by atoms with Crippen molar-refractivity contribution in [3.05, 3.63) is 0 Å². The van der Waals surface area contributed by atoms with Crippen LogP contribution in [0, 0.1) is 0 Å². The molecule has 0 unspecified atom stereocenters. The van der Waals surface area contributed by atoms with Crippen molar-refractivity contribution in [2.45, 2.75) is 122 Å². The van der Waals surface area contributed by atoms with Gasteiger partial charge in [0, 0.05) is 13.0 Å². The van der Waals surface area contributed by atoms with E-state index in [0.29, 0.717) is 12.0 Å². The fraction of sp³-hybridized carbons (Fsp3) is 0.952. The Morgan fingerprint density at radius 3 is 1.48 bits per heavy atom. The molecule has 0 aromatic heterocycles. The van der Waals surface area contributed by atoms with Crippen molar-refractivity contribution in [1.82, 2.24) is 0 Å². The summed E-state index contributed by atoms with van der Waals surface area (Å²) in [5.41, 5.74) is 0.706. The van der Waals surface area contributed by atoms with Gasteiger partial charge in [-0.05, 0) is 31.5 Å². The van der Waals surface area contributed by atoms with Crippen LogP contribution in [0.5, 0.6) is 0 Å². The van der Waals surface area contributed by atoms with Crippen LogP contribution in [-0.4, -0.2) is 26.0 Å². The summed E-state index contributed by atoms with van der Waals surface area (Å²) in [5.74, 6) is -0.659. The van der Waals surface area contributed by atoms with Crippen LogP contribution in [0.2, 0.25) is 18.6 Å². The molecule has 0 aromatic rings. The van der Waals surface area contributed by atoms with Gasteiger partial charge in [-0.25, -0.2) is 0 Å². The average molecular weight is 373 g/mol. The highest BCUT2D eigenvalue weighted by Crippen LogP contribution is 2.21. The van der Waals surface area contributed by atoms with Crippen LogP contribution < -0.4 is 0 Å². The minimum atomic E-state index is -1.42. The predicted octanol–water partition coefficient (Wildman–Crippen LogP) is 7.16. The lowest BCUT2D eigenvalue weighted by atomic mass is 10.0. The Morgan fingerprint density at radius 1 is 0.760 bits per heavy atom. The van der Waals surface area contributed by atoms with E-state index >= 15 is 0 Å². The molecule has 0 bridgehead atoms. The first-order valence-electron chi connectivity index (χ1n) is 10.7. The van der Waals surface area contributed by atoms with E-state index in [2.05, 4.69) is 26.9 Å². The van der Waals surface area contributed by atoms with E-state index in [0.717, 1.165) is 19.4 Å². The number of carboxylic acid groups (broad SMARTS) is 1. The molecule has 0 spiro atoms. The molecule has 0 saturated heterocycles. The minimum Gasteiger partial charge on any atom is -0.481 e. The Labute approximate surface area is 158 Å². The van der Waals surface area contributed by atoms with Gasteiger partial charge in [0.2, 0.25) is 0 Å². The molecule has 0 aliphatic rings. The van der Waals surface area contributed by atoms with Gasteiger partial charge in [-0.3, -0.25) is 4.79 Å². The standard InChI is InChI=1S/C21H44O3Si/c1-20(2)25(3,4)24-19-17-15-13-11-9-7-5-6-8-10-12-14-16-18-21(22)23/h20H,5-19H2,1-4H3,(H,22,23). The highest BCUT2D eigenvalue weighted by atomic mass is 28.4. The molecule has 0 atom stereocenters. The molecule has 0 heterocycles. The molecule has 3 nitrogen and oxygen atoms in total. The largest absolute Gasteiger partial charge is 0.481 e. The normalized spacial score (nSPS) is 12.0. The lowest BCUT2D eigenvalue weighted by Crippen LogP contribution is -2.34. The first-order chi connectivity index (χ1) is 11.9. The number of carboxylic acids is 1. The Kier molecular flexibility index (Phi) is 15.6. The zero-order chi connectivity index (χ0) is 19.0. The molecule has 0 radical (unpaired) electrons. The number of unbranched alkanes of at least 4 members (excludes halogenated alkanes) is 12. The zero-order valence-corrected chi connectivity index (χ0v) is 18.4. The van der Waals surface area contributed by atoms with E-state index in [9.17, 15) is 4.79 Å². The van der Waals surface area contributed by atoms with Crippen molar-refractivity contribution in [3.63, 3.8) is 0 Å². The second-order valence-electron chi connectivity index (χ2n) is 8.35. The van der Waals surface area contributed by atoms with E-state index in [-0.39, 0.29) is 0 Å². The van der Waals surface area contributed by atoms with Gasteiger partial charge < -0.3 is 9.53 Å². The monoisotopic (exact) mass is 372 g/mol. The van der Waals surface area contributed by atoms with E-state index in [1.165, 1.54) is 70.6 Å². The minimum absolute atomic E-state index is 0.337. The van der Waals surface area contributed by atoms with E-state index in [1.807, 2.05) is 0 Å². The second-order valence-corrected chi connectivity index (χ2v) is 13.0. The van der Waals surface area contributed by atoms with Crippen LogP contribution in [0.15, 0.2) is 0 Å². The number of hydrogen-bond donors (Lipinski definition) is 1. The SMILES string of the molecule is CC(C)[Si](C)(C)OCCCCCCCCCCCCCCCC(=O)O. The summed E-state index contributed by atoms with van der Waals surface area (Å²) in [6.45, 7) is 10.2. The number of aliphatic carboxylic acids is 1. The second kappa shape index (κ2) is 15.9. The van der Waals surface area contributed by atoms with E-state index in [1.54, 1.807) is 0 Å². The molecular formula is C21H44O3Si. The van der Waals surface area contributed by atoms with Crippen LogP contribution in [0.3, 0.4) is 0 Å². The van der Waals surface area contributed by atoms with E-state index < -0.39 is 14.3 Å². The van der Waals surface area contributed by atoms with Crippen LogP contribution in [0.4, 0.5) is 0 Å². The fourth-order valence-electron chi connectivity index (χ4n) is 2.82. The van der Waals surface area contributed by atoms with Crippen LogP contribution in [0.1, 0.15) is 104 Å². The molecular weight excluding hydrogens is 328 g/mol. The van der Waals surface area contributed by atoms with Crippen molar-refractivity contribution < 1.29 is 14.3 Å². The molecule has 4 heteroatoms. The maximum atomic E-state index is 10.4. The van der Waals surface area contributed by atoms with Crippen LogP contribution in [0.25, 0.3) is 0 Å². The molecule has 0 amide bonds. The zero-order valence-electron chi connectivity index (χ0n) is 17.4. The fourth-order valence-corrected chi connectivity index (χ4v) is 3.83. The summed E-state index contributed by atoms with van der Waals surface area (Å²) in [7, 11) is -1.42. The van der Waals surface area contributed by atoms with Crippen LogP contribution in [-0.2, 0) is 9.22 Å². The summed E-state index contributed by atoms with van der Waals surface area (Å²) in [6, 6.07) is 0. The quantitative estimate of drug-likeness (QED) is 0.205. The lowest BCUT2D eigenvalue weighted by Gasteiger charge is -2.26. The highest BCUT2D eigenvalue weighted by Gasteiger charge is 2.26. The summed E-state index contributed by atoms with van der Waals surface area (Å²) < 4.78 is 6.12. The first-order valence-corrected chi connectivity index (χ1v) is 13.7. The van der Waals surface area contributed by atoms with Gasteiger partial charge in [0.1, 0.15) is 0 Å². The van der Waals surface area contributed by atoms with Gasteiger partial charge in [-0.2, -0.15) is 0 Å². The predicted molar refractivity (Wildman–Crippen MR) is 111 cm³/mol. The summed E-state index contributed by atoms with van der Waals surface area (Å²) in [4.78, 5) is 10.4. The number of rotatable bonds is 18. The lowest BCUT2D eigenvalue weighted by molar-refractivity contribution is -0.137. The van der Waals surface area contributed by atoms with Crippen LogP contribution >= 0.6 is 0 Å².